The molecule has 1 aromatic heterocycles. The zero-order valence-electron chi connectivity index (χ0n) is 20.4. The topological polar surface area (TPSA) is 158 Å². The molecule has 3 rings (SSSR count). The second-order valence-corrected chi connectivity index (χ2v) is 9.63. The fourth-order valence-corrected chi connectivity index (χ4v) is 4.53. The summed E-state index contributed by atoms with van der Waals surface area (Å²) in [5.41, 5.74) is 7.45. The minimum atomic E-state index is -1.13. The fourth-order valence-electron chi connectivity index (χ4n) is 4.53. The molecule has 35 heavy (non-hydrogen) atoms. The largest absolute Gasteiger partial charge is 0.480 e. The number of H-pyrrole nitrogens is 1. The number of fused-ring (bicyclic) bond motifs is 1. The van der Waals surface area contributed by atoms with Crippen LogP contribution in [0.5, 0.6) is 0 Å². The van der Waals surface area contributed by atoms with Crippen molar-refractivity contribution in [3.63, 3.8) is 0 Å². The van der Waals surface area contributed by atoms with Crippen LogP contribution in [0.25, 0.3) is 10.9 Å². The van der Waals surface area contributed by atoms with E-state index in [2.05, 4.69) is 15.6 Å². The van der Waals surface area contributed by atoms with E-state index in [1.165, 1.54) is 4.90 Å². The van der Waals surface area contributed by atoms with Crippen LogP contribution >= 0.6 is 0 Å². The van der Waals surface area contributed by atoms with E-state index in [0.717, 1.165) is 16.5 Å². The lowest BCUT2D eigenvalue weighted by molar-refractivity contribution is -0.143. The van der Waals surface area contributed by atoms with Gasteiger partial charge in [-0.3, -0.25) is 14.4 Å². The van der Waals surface area contributed by atoms with E-state index in [1.807, 2.05) is 38.1 Å². The van der Waals surface area contributed by atoms with Gasteiger partial charge >= 0.3 is 5.97 Å². The number of carboxylic acids is 1. The summed E-state index contributed by atoms with van der Waals surface area (Å²) in [6.45, 7) is 5.74. The van der Waals surface area contributed by atoms with E-state index >= 15 is 0 Å². The highest BCUT2D eigenvalue weighted by molar-refractivity contribution is 5.95. The Bertz CT molecular complexity index is 1080. The Morgan fingerprint density at radius 2 is 1.86 bits per heavy atom. The smallest absolute Gasteiger partial charge is 0.326 e. The third-order valence-electron chi connectivity index (χ3n) is 6.28. The summed E-state index contributed by atoms with van der Waals surface area (Å²) in [5, 5.41) is 15.9. The van der Waals surface area contributed by atoms with Crippen molar-refractivity contribution in [2.24, 2.45) is 11.7 Å². The first-order chi connectivity index (χ1) is 16.6. The normalized spacial score (nSPS) is 18.3. The molecule has 1 fully saturated rings. The number of aromatic nitrogens is 1. The number of carbonyl (C=O) groups is 4. The number of hydrogen-bond donors (Lipinski definition) is 5. The highest BCUT2D eigenvalue weighted by Crippen LogP contribution is 2.21. The first-order valence-corrected chi connectivity index (χ1v) is 12.0. The van der Waals surface area contributed by atoms with Crippen molar-refractivity contribution < 1.29 is 24.3 Å². The number of para-hydroxylation sites is 1. The number of benzene rings is 1. The number of amides is 3. The van der Waals surface area contributed by atoms with Gasteiger partial charge in [0.05, 0.1) is 6.04 Å². The van der Waals surface area contributed by atoms with Crippen molar-refractivity contribution in [2.45, 2.75) is 70.6 Å². The third-order valence-corrected chi connectivity index (χ3v) is 6.28. The molecule has 10 nitrogen and oxygen atoms in total. The van der Waals surface area contributed by atoms with Crippen LogP contribution < -0.4 is 16.4 Å². The third kappa shape index (κ3) is 6.39. The molecule has 1 aliphatic rings. The van der Waals surface area contributed by atoms with E-state index in [9.17, 15) is 24.3 Å². The Morgan fingerprint density at radius 3 is 2.51 bits per heavy atom. The molecule has 3 amide bonds. The zero-order chi connectivity index (χ0) is 25.7. The standard InChI is InChI=1S/C25H35N5O5/c1-14(2)11-20(25(34)35)29-22(31)19(12-16-13-27-18-8-5-4-7-17(16)18)28-23(32)21-9-6-10-30(21)24(33)15(3)26/h4-5,7-8,13-15,19-21,27H,6,9-12,26H2,1-3H3,(H,28,32)(H,29,31)(H,34,35)/t15-,19-,20-,21-/m0/s1. The molecular weight excluding hydrogens is 450 g/mol. The van der Waals surface area contributed by atoms with Gasteiger partial charge in [-0.15, -0.1) is 0 Å². The monoisotopic (exact) mass is 485 g/mol. The molecule has 2 heterocycles. The van der Waals surface area contributed by atoms with Gasteiger partial charge in [0, 0.05) is 30.1 Å². The first-order valence-electron chi connectivity index (χ1n) is 12.0. The molecule has 10 heteroatoms. The minimum Gasteiger partial charge on any atom is -0.480 e. The van der Waals surface area contributed by atoms with Crippen LogP contribution in [0.4, 0.5) is 0 Å². The van der Waals surface area contributed by atoms with Crippen LogP contribution in [-0.4, -0.2) is 69.4 Å². The maximum absolute atomic E-state index is 13.3. The fraction of sp³-hybridized carbons (Fsp3) is 0.520. The lowest BCUT2D eigenvalue weighted by Crippen LogP contribution is -2.57. The number of carboxylic acid groups (broad SMARTS) is 1. The van der Waals surface area contributed by atoms with Gasteiger partial charge in [-0.2, -0.15) is 0 Å². The van der Waals surface area contributed by atoms with Crippen LogP contribution in [-0.2, 0) is 25.6 Å². The summed E-state index contributed by atoms with van der Waals surface area (Å²) in [7, 11) is 0. The maximum Gasteiger partial charge on any atom is 0.326 e. The van der Waals surface area contributed by atoms with Crippen molar-refractivity contribution in [3.05, 3.63) is 36.0 Å². The second-order valence-electron chi connectivity index (χ2n) is 9.63. The van der Waals surface area contributed by atoms with E-state index in [1.54, 1.807) is 13.1 Å². The highest BCUT2D eigenvalue weighted by Gasteiger charge is 2.37. The number of nitrogens with two attached hydrogens (primary N) is 1. The Hall–Kier alpha value is -3.40. The molecule has 0 aliphatic carbocycles. The van der Waals surface area contributed by atoms with Crippen LogP contribution in [0.1, 0.15) is 45.6 Å². The van der Waals surface area contributed by atoms with Crippen LogP contribution in [0, 0.1) is 5.92 Å². The van der Waals surface area contributed by atoms with Gasteiger partial charge in [-0.25, -0.2) is 4.79 Å². The lowest BCUT2D eigenvalue weighted by Gasteiger charge is -2.28. The molecule has 0 saturated carbocycles. The van der Waals surface area contributed by atoms with Crippen molar-refractivity contribution >= 4 is 34.6 Å². The molecule has 1 aromatic carbocycles. The zero-order valence-corrected chi connectivity index (χ0v) is 20.4. The predicted molar refractivity (Wildman–Crippen MR) is 131 cm³/mol. The number of aliphatic carboxylic acids is 1. The molecule has 0 unspecified atom stereocenters. The van der Waals surface area contributed by atoms with Crippen LogP contribution in [0.15, 0.2) is 30.5 Å². The SMILES string of the molecule is CC(C)C[C@H](NC(=O)[C@H](Cc1c[nH]c2ccccc12)NC(=O)[C@@H]1CCCN1C(=O)[C@H](C)N)C(=O)O. The summed E-state index contributed by atoms with van der Waals surface area (Å²) >= 11 is 0. The molecule has 4 atom stereocenters. The van der Waals surface area contributed by atoms with E-state index in [4.69, 9.17) is 5.73 Å². The Kier molecular flexibility index (Phi) is 8.50. The molecule has 6 N–H and O–H groups in total. The average Bonchev–Trinajstić information content (AvgIpc) is 3.44. The summed E-state index contributed by atoms with van der Waals surface area (Å²) in [4.78, 5) is 55.3. The molecule has 1 aliphatic heterocycles. The van der Waals surface area contributed by atoms with E-state index < -0.39 is 42.0 Å². The Labute approximate surface area is 204 Å². The van der Waals surface area contributed by atoms with Gasteiger partial charge in [0.2, 0.25) is 17.7 Å². The Morgan fingerprint density at radius 1 is 1.14 bits per heavy atom. The number of nitrogens with zero attached hydrogens (tertiary/aromatic N) is 1. The summed E-state index contributed by atoms with van der Waals surface area (Å²) in [6.07, 6.45) is 3.32. The molecule has 0 radical (unpaired) electrons. The summed E-state index contributed by atoms with van der Waals surface area (Å²) in [6, 6.07) is 4.03. The summed E-state index contributed by atoms with van der Waals surface area (Å²) in [5.74, 6) is -2.43. The predicted octanol–water partition coefficient (Wildman–Crippen LogP) is 1.15. The summed E-state index contributed by atoms with van der Waals surface area (Å²) < 4.78 is 0. The van der Waals surface area contributed by atoms with Crippen LogP contribution in [0.2, 0.25) is 0 Å². The first kappa shape index (κ1) is 26.2. The van der Waals surface area contributed by atoms with Gasteiger partial charge in [-0.05, 0) is 43.7 Å². The molecular formula is C25H35N5O5. The average molecular weight is 486 g/mol. The Balaban J connectivity index is 1.84. The quantitative estimate of drug-likeness (QED) is 0.340. The van der Waals surface area contributed by atoms with Crippen LogP contribution in [0.3, 0.4) is 0 Å². The van der Waals surface area contributed by atoms with Crippen molar-refractivity contribution in [1.82, 2.24) is 20.5 Å². The number of carbonyl (C=O) groups excluding carboxylic acids is 3. The lowest BCUT2D eigenvalue weighted by atomic mass is 10.0. The molecule has 2 aromatic rings. The number of rotatable bonds is 10. The number of nitrogens with one attached hydrogen (secondary N) is 3. The molecule has 0 bridgehead atoms. The van der Waals surface area contributed by atoms with Gasteiger partial charge < -0.3 is 31.4 Å². The van der Waals surface area contributed by atoms with Crippen molar-refractivity contribution in [2.75, 3.05) is 6.54 Å². The van der Waals surface area contributed by atoms with Crippen molar-refractivity contribution in [3.8, 4) is 0 Å². The second kappa shape index (κ2) is 11.4. The highest BCUT2D eigenvalue weighted by atomic mass is 16.4. The minimum absolute atomic E-state index is 0.0503. The van der Waals surface area contributed by atoms with E-state index in [0.29, 0.717) is 19.4 Å². The number of hydrogen-bond acceptors (Lipinski definition) is 5. The molecule has 1 saturated heterocycles. The van der Waals surface area contributed by atoms with Gasteiger partial charge in [0.1, 0.15) is 18.1 Å². The molecule has 190 valence electrons. The van der Waals surface area contributed by atoms with E-state index in [-0.39, 0.29) is 24.7 Å². The van der Waals surface area contributed by atoms with Gasteiger partial charge in [0.25, 0.3) is 0 Å². The van der Waals surface area contributed by atoms with Gasteiger partial charge in [0.15, 0.2) is 0 Å². The van der Waals surface area contributed by atoms with Crippen molar-refractivity contribution in [1.29, 1.82) is 0 Å². The number of likely N-dealkylation sites (tertiary alicyclic amines) is 1. The maximum atomic E-state index is 13.3. The number of aromatic amines is 1. The van der Waals surface area contributed by atoms with Gasteiger partial charge in [-0.1, -0.05) is 32.0 Å². The molecule has 0 spiro atoms.